The first-order chi connectivity index (χ1) is 6.78. The maximum absolute atomic E-state index is 5.86. The molecule has 0 amide bonds. The van der Waals surface area contributed by atoms with E-state index in [1.165, 1.54) is 38.8 Å². The Morgan fingerprint density at radius 1 is 1.50 bits per heavy atom. The van der Waals surface area contributed by atoms with Gasteiger partial charge in [-0.2, -0.15) is 0 Å². The molecule has 1 atom stereocenters. The highest BCUT2D eigenvalue weighted by atomic mass is 16.5. The quantitative estimate of drug-likeness (QED) is 0.727. The highest BCUT2D eigenvalue weighted by molar-refractivity contribution is 4.93. The van der Waals surface area contributed by atoms with Crippen LogP contribution in [0.5, 0.6) is 0 Å². The van der Waals surface area contributed by atoms with Crippen LogP contribution >= 0.6 is 0 Å². The van der Waals surface area contributed by atoms with Crippen LogP contribution in [-0.2, 0) is 4.74 Å². The molecule has 82 valence electrons. The van der Waals surface area contributed by atoms with Gasteiger partial charge in [0.1, 0.15) is 0 Å². The zero-order valence-electron chi connectivity index (χ0n) is 9.17. The van der Waals surface area contributed by atoms with Crippen molar-refractivity contribution in [2.24, 2.45) is 11.1 Å². The highest BCUT2D eigenvalue weighted by Crippen LogP contribution is 2.41. The molecule has 2 aliphatic rings. The van der Waals surface area contributed by atoms with Crippen molar-refractivity contribution in [3.8, 4) is 0 Å². The monoisotopic (exact) mass is 198 g/mol. The SMILES string of the molecule is COC1CCN(CC2(CN)CCC2)C1. The number of hydrogen-bond donors (Lipinski definition) is 1. The molecule has 1 aliphatic carbocycles. The van der Waals surface area contributed by atoms with Crippen LogP contribution in [0.15, 0.2) is 0 Å². The molecule has 1 saturated heterocycles. The Bertz CT molecular complexity index is 186. The van der Waals surface area contributed by atoms with Crippen LogP contribution < -0.4 is 5.73 Å². The Hall–Kier alpha value is -0.120. The molecular weight excluding hydrogens is 176 g/mol. The lowest BCUT2D eigenvalue weighted by molar-refractivity contribution is 0.0675. The average Bonchev–Trinajstić information content (AvgIpc) is 2.59. The summed E-state index contributed by atoms with van der Waals surface area (Å²) in [4.78, 5) is 2.53. The summed E-state index contributed by atoms with van der Waals surface area (Å²) in [5, 5.41) is 0. The first-order valence-electron chi connectivity index (χ1n) is 5.73. The van der Waals surface area contributed by atoms with Crippen LogP contribution in [-0.4, -0.2) is 44.3 Å². The molecule has 2 rings (SSSR count). The Balaban J connectivity index is 1.80. The molecular formula is C11H22N2O. The number of nitrogens with zero attached hydrogens (tertiary/aromatic N) is 1. The number of ether oxygens (including phenoxy) is 1. The second-order valence-corrected chi connectivity index (χ2v) is 4.94. The van der Waals surface area contributed by atoms with Gasteiger partial charge in [0.25, 0.3) is 0 Å². The molecule has 0 aromatic carbocycles. The summed E-state index contributed by atoms with van der Waals surface area (Å²) in [6, 6.07) is 0. The molecule has 2 fully saturated rings. The third kappa shape index (κ3) is 1.95. The lowest BCUT2D eigenvalue weighted by atomic mass is 9.68. The Morgan fingerprint density at radius 3 is 2.71 bits per heavy atom. The van der Waals surface area contributed by atoms with Crippen molar-refractivity contribution in [3.05, 3.63) is 0 Å². The zero-order valence-corrected chi connectivity index (χ0v) is 9.17. The zero-order chi connectivity index (χ0) is 10.0. The third-order valence-corrected chi connectivity index (χ3v) is 3.97. The topological polar surface area (TPSA) is 38.5 Å². The van der Waals surface area contributed by atoms with E-state index in [0.29, 0.717) is 11.5 Å². The molecule has 3 nitrogen and oxygen atoms in total. The molecule has 0 spiro atoms. The molecule has 1 aliphatic heterocycles. The first kappa shape index (κ1) is 10.4. The fraction of sp³-hybridized carbons (Fsp3) is 1.00. The molecule has 0 aromatic heterocycles. The van der Waals surface area contributed by atoms with E-state index in [2.05, 4.69) is 4.90 Å². The van der Waals surface area contributed by atoms with Crippen LogP contribution in [0, 0.1) is 5.41 Å². The number of rotatable bonds is 4. The van der Waals surface area contributed by atoms with Gasteiger partial charge in [0, 0.05) is 26.7 Å². The summed E-state index contributed by atoms with van der Waals surface area (Å²) in [6.07, 6.45) is 5.69. The van der Waals surface area contributed by atoms with Crippen molar-refractivity contribution in [1.82, 2.24) is 4.90 Å². The lowest BCUT2D eigenvalue weighted by Gasteiger charge is -2.43. The number of hydrogen-bond acceptors (Lipinski definition) is 3. The molecule has 14 heavy (non-hydrogen) atoms. The van der Waals surface area contributed by atoms with Gasteiger partial charge in [-0.3, -0.25) is 0 Å². The van der Waals surface area contributed by atoms with Crippen LogP contribution in [0.1, 0.15) is 25.7 Å². The minimum Gasteiger partial charge on any atom is -0.380 e. The molecule has 0 aromatic rings. The van der Waals surface area contributed by atoms with E-state index < -0.39 is 0 Å². The van der Waals surface area contributed by atoms with E-state index in [-0.39, 0.29) is 0 Å². The number of methoxy groups -OCH3 is 1. The molecule has 3 heteroatoms. The fourth-order valence-corrected chi connectivity index (χ4v) is 2.71. The predicted molar refractivity (Wildman–Crippen MR) is 57.2 cm³/mol. The van der Waals surface area contributed by atoms with Crippen molar-refractivity contribution in [2.75, 3.05) is 33.3 Å². The molecule has 1 heterocycles. The Kier molecular flexibility index (Phi) is 3.10. The average molecular weight is 198 g/mol. The van der Waals surface area contributed by atoms with E-state index in [9.17, 15) is 0 Å². The van der Waals surface area contributed by atoms with Gasteiger partial charge in [0.05, 0.1) is 6.10 Å². The van der Waals surface area contributed by atoms with Crippen molar-refractivity contribution >= 4 is 0 Å². The normalized spacial score (nSPS) is 31.7. The maximum Gasteiger partial charge on any atom is 0.0710 e. The van der Waals surface area contributed by atoms with E-state index in [1.807, 2.05) is 7.11 Å². The minimum atomic E-state index is 0.461. The molecule has 1 saturated carbocycles. The van der Waals surface area contributed by atoms with E-state index in [4.69, 9.17) is 10.5 Å². The van der Waals surface area contributed by atoms with Gasteiger partial charge in [-0.1, -0.05) is 6.42 Å². The number of likely N-dealkylation sites (tertiary alicyclic amines) is 1. The Morgan fingerprint density at radius 2 is 2.29 bits per heavy atom. The molecule has 0 radical (unpaired) electrons. The van der Waals surface area contributed by atoms with Crippen molar-refractivity contribution in [1.29, 1.82) is 0 Å². The summed E-state index contributed by atoms with van der Waals surface area (Å²) in [5.41, 5.74) is 6.32. The largest absolute Gasteiger partial charge is 0.380 e. The molecule has 1 unspecified atom stereocenters. The van der Waals surface area contributed by atoms with Crippen molar-refractivity contribution in [2.45, 2.75) is 31.8 Å². The summed E-state index contributed by atoms with van der Waals surface area (Å²) in [7, 11) is 1.82. The van der Waals surface area contributed by atoms with Gasteiger partial charge in [-0.25, -0.2) is 0 Å². The van der Waals surface area contributed by atoms with Gasteiger partial charge < -0.3 is 15.4 Å². The Labute approximate surface area is 86.6 Å². The summed E-state index contributed by atoms with van der Waals surface area (Å²) in [6.45, 7) is 4.36. The van der Waals surface area contributed by atoms with Crippen LogP contribution in [0.2, 0.25) is 0 Å². The van der Waals surface area contributed by atoms with Gasteiger partial charge in [-0.05, 0) is 31.2 Å². The molecule has 2 N–H and O–H groups in total. The fourth-order valence-electron chi connectivity index (χ4n) is 2.71. The van der Waals surface area contributed by atoms with Crippen molar-refractivity contribution < 1.29 is 4.74 Å². The van der Waals surface area contributed by atoms with Crippen molar-refractivity contribution in [3.63, 3.8) is 0 Å². The number of nitrogens with two attached hydrogens (primary N) is 1. The summed E-state index contributed by atoms with van der Waals surface area (Å²) in [5.74, 6) is 0. The predicted octanol–water partition coefficient (Wildman–Crippen LogP) is 0.836. The van der Waals surface area contributed by atoms with E-state index in [1.54, 1.807) is 0 Å². The first-order valence-corrected chi connectivity index (χ1v) is 5.73. The van der Waals surface area contributed by atoms with E-state index >= 15 is 0 Å². The smallest absolute Gasteiger partial charge is 0.0710 e. The van der Waals surface area contributed by atoms with Crippen LogP contribution in [0.3, 0.4) is 0 Å². The van der Waals surface area contributed by atoms with Crippen LogP contribution in [0.25, 0.3) is 0 Å². The second kappa shape index (κ2) is 4.17. The highest BCUT2D eigenvalue weighted by Gasteiger charge is 2.38. The summed E-state index contributed by atoms with van der Waals surface area (Å²) >= 11 is 0. The van der Waals surface area contributed by atoms with Gasteiger partial charge in [0.2, 0.25) is 0 Å². The maximum atomic E-state index is 5.86. The molecule has 0 bridgehead atoms. The summed E-state index contributed by atoms with van der Waals surface area (Å²) < 4.78 is 5.37. The van der Waals surface area contributed by atoms with Crippen LogP contribution in [0.4, 0.5) is 0 Å². The lowest BCUT2D eigenvalue weighted by Crippen LogP contribution is -2.46. The van der Waals surface area contributed by atoms with Gasteiger partial charge >= 0.3 is 0 Å². The third-order valence-electron chi connectivity index (χ3n) is 3.97. The van der Waals surface area contributed by atoms with Gasteiger partial charge in [0.15, 0.2) is 0 Å². The minimum absolute atomic E-state index is 0.461. The van der Waals surface area contributed by atoms with Gasteiger partial charge in [-0.15, -0.1) is 0 Å². The second-order valence-electron chi connectivity index (χ2n) is 4.94. The van der Waals surface area contributed by atoms with E-state index in [0.717, 1.165) is 13.1 Å². The standard InChI is InChI=1S/C11H22N2O/c1-14-10-3-6-13(7-10)9-11(8-12)4-2-5-11/h10H,2-9,12H2,1H3.